The predicted molar refractivity (Wildman–Crippen MR) is 118 cm³/mol. The monoisotopic (exact) mass is 438 g/mol. The highest BCUT2D eigenvalue weighted by Crippen LogP contribution is 2.25. The van der Waals surface area contributed by atoms with Gasteiger partial charge in [0.1, 0.15) is 0 Å². The Bertz CT molecular complexity index is 1030. The maximum Gasteiger partial charge on any atom is 0.338 e. The van der Waals surface area contributed by atoms with Crippen LogP contribution in [0.1, 0.15) is 56.9 Å². The number of carbonyl (C=O) groups excluding carboxylic acids is 4. The van der Waals surface area contributed by atoms with Crippen LogP contribution in [-0.4, -0.2) is 55.0 Å². The van der Waals surface area contributed by atoms with Gasteiger partial charge in [0.05, 0.1) is 16.7 Å². The number of rotatable bonds is 9. The van der Waals surface area contributed by atoms with E-state index in [0.29, 0.717) is 18.7 Å². The van der Waals surface area contributed by atoms with E-state index in [-0.39, 0.29) is 23.2 Å². The molecule has 3 rings (SSSR count). The number of nitrogens with zero attached hydrogens (tertiary/aromatic N) is 1. The van der Waals surface area contributed by atoms with Gasteiger partial charge in [0, 0.05) is 25.9 Å². The van der Waals surface area contributed by atoms with E-state index in [4.69, 9.17) is 9.47 Å². The van der Waals surface area contributed by atoms with Crippen molar-refractivity contribution in [3.63, 3.8) is 0 Å². The van der Waals surface area contributed by atoms with Crippen molar-refractivity contribution >= 4 is 29.4 Å². The van der Waals surface area contributed by atoms with Crippen LogP contribution in [0.2, 0.25) is 0 Å². The molecule has 0 aromatic heterocycles. The van der Waals surface area contributed by atoms with E-state index in [9.17, 15) is 19.2 Å². The molecule has 1 aliphatic rings. The summed E-state index contributed by atoms with van der Waals surface area (Å²) in [7, 11) is 1.55. The van der Waals surface area contributed by atoms with Crippen molar-refractivity contribution in [1.29, 1.82) is 0 Å². The number of benzene rings is 2. The SMILES string of the molecule is CCc1ccc(NC(=O)C(C)OC(=O)c2ccc3c(c2)C(=O)N(CCCOC)C3=O)cc1. The molecule has 2 aromatic carbocycles. The zero-order valence-corrected chi connectivity index (χ0v) is 18.3. The molecule has 1 aliphatic heterocycles. The fraction of sp³-hybridized carbons (Fsp3) is 0.333. The summed E-state index contributed by atoms with van der Waals surface area (Å²) in [5.74, 6) is -2.09. The van der Waals surface area contributed by atoms with Crippen LogP contribution in [0.4, 0.5) is 5.69 Å². The number of hydrogen-bond donors (Lipinski definition) is 1. The first kappa shape index (κ1) is 23.1. The number of anilines is 1. The third-order valence-electron chi connectivity index (χ3n) is 5.22. The van der Waals surface area contributed by atoms with Crippen LogP contribution >= 0.6 is 0 Å². The van der Waals surface area contributed by atoms with Crippen molar-refractivity contribution in [3.05, 3.63) is 64.7 Å². The normalized spacial score (nSPS) is 13.7. The number of fused-ring (bicyclic) bond motifs is 1. The lowest BCUT2D eigenvalue weighted by atomic mass is 10.1. The number of nitrogens with one attached hydrogen (secondary N) is 1. The summed E-state index contributed by atoms with van der Waals surface area (Å²) in [5.41, 5.74) is 2.23. The van der Waals surface area contributed by atoms with Gasteiger partial charge in [-0.05, 0) is 55.7 Å². The predicted octanol–water partition coefficient (Wildman–Crippen LogP) is 3.07. The Morgan fingerprint density at radius 1 is 1.03 bits per heavy atom. The number of ether oxygens (including phenoxy) is 2. The topological polar surface area (TPSA) is 102 Å². The first-order valence-corrected chi connectivity index (χ1v) is 10.5. The number of carbonyl (C=O) groups is 4. The molecule has 168 valence electrons. The van der Waals surface area contributed by atoms with E-state index in [1.807, 2.05) is 19.1 Å². The number of methoxy groups -OCH3 is 1. The van der Waals surface area contributed by atoms with E-state index in [1.165, 1.54) is 25.1 Å². The van der Waals surface area contributed by atoms with Crippen LogP contribution in [-0.2, 0) is 20.7 Å². The molecule has 1 unspecified atom stereocenters. The molecule has 32 heavy (non-hydrogen) atoms. The summed E-state index contributed by atoms with van der Waals surface area (Å²) in [6.45, 7) is 4.16. The number of esters is 1. The maximum absolute atomic E-state index is 12.6. The van der Waals surface area contributed by atoms with Gasteiger partial charge >= 0.3 is 5.97 Å². The number of hydrogen-bond acceptors (Lipinski definition) is 6. The van der Waals surface area contributed by atoms with Gasteiger partial charge in [-0.25, -0.2) is 4.79 Å². The number of aryl methyl sites for hydroxylation is 1. The summed E-state index contributed by atoms with van der Waals surface area (Å²) in [6.07, 6.45) is 0.358. The molecule has 0 radical (unpaired) electrons. The molecule has 0 saturated heterocycles. The van der Waals surface area contributed by atoms with Crippen LogP contribution in [0, 0.1) is 0 Å². The number of amides is 3. The van der Waals surface area contributed by atoms with E-state index >= 15 is 0 Å². The molecule has 1 N–H and O–H groups in total. The standard InChI is InChI=1S/C24H26N2O6/c1-4-16-6-9-18(10-7-16)25-21(27)15(2)32-24(30)17-8-11-19-20(14-17)23(29)26(22(19)28)12-5-13-31-3/h6-11,14-15H,4-5,12-13H2,1-3H3,(H,25,27). The van der Waals surface area contributed by atoms with Crippen LogP contribution in [0.5, 0.6) is 0 Å². The van der Waals surface area contributed by atoms with Crippen LogP contribution < -0.4 is 5.32 Å². The molecule has 0 saturated carbocycles. The lowest BCUT2D eigenvalue weighted by Gasteiger charge is -2.14. The molecule has 0 bridgehead atoms. The highest BCUT2D eigenvalue weighted by atomic mass is 16.5. The van der Waals surface area contributed by atoms with E-state index in [2.05, 4.69) is 5.32 Å². The molecular weight excluding hydrogens is 412 g/mol. The van der Waals surface area contributed by atoms with Crippen molar-refractivity contribution in [1.82, 2.24) is 4.90 Å². The van der Waals surface area contributed by atoms with Gasteiger partial charge < -0.3 is 14.8 Å². The molecule has 1 atom stereocenters. The van der Waals surface area contributed by atoms with Crippen molar-refractivity contribution in [2.75, 3.05) is 25.6 Å². The second-order valence-electron chi connectivity index (χ2n) is 7.46. The third-order valence-corrected chi connectivity index (χ3v) is 5.22. The summed E-state index contributed by atoms with van der Waals surface area (Å²) >= 11 is 0. The van der Waals surface area contributed by atoms with Crippen molar-refractivity contribution < 1.29 is 28.7 Å². The molecule has 8 nitrogen and oxygen atoms in total. The fourth-order valence-electron chi connectivity index (χ4n) is 3.34. The molecular formula is C24H26N2O6. The Balaban J connectivity index is 1.64. The number of imide groups is 1. The highest BCUT2D eigenvalue weighted by Gasteiger charge is 2.35. The Labute approximate surface area is 186 Å². The zero-order valence-electron chi connectivity index (χ0n) is 18.3. The van der Waals surface area contributed by atoms with E-state index in [1.54, 1.807) is 19.2 Å². The van der Waals surface area contributed by atoms with Crippen molar-refractivity contribution in [2.45, 2.75) is 32.8 Å². The summed E-state index contributed by atoms with van der Waals surface area (Å²) in [4.78, 5) is 51.1. The first-order chi connectivity index (χ1) is 15.3. The summed E-state index contributed by atoms with van der Waals surface area (Å²) < 4.78 is 10.2. The van der Waals surface area contributed by atoms with Gasteiger partial charge in [0.2, 0.25) is 0 Å². The minimum atomic E-state index is -1.05. The quantitative estimate of drug-likeness (QED) is 0.367. The van der Waals surface area contributed by atoms with Crippen molar-refractivity contribution in [3.8, 4) is 0 Å². The Morgan fingerprint density at radius 2 is 1.72 bits per heavy atom. The molecule has 0 spiro atoms. The molecule has 8 heteroatoms. The Morgan fingerprint density at radius 3 is 2.38 bits per heavy atom. The average Bonchev–Trinajstić information content (AvgIpc) is 3.03. The fourth-order valence-corrected chi connectivity index (χ4v) is 3.34. The lowest BCUT2D eigenvalue weighted by molar-refractivity contribution is -0.123. The smallest absolute Gasteiger partial charge is 0.338 e. The van der Waals surface area contributed by atoms with Gasteiger partial charge in [-0.2, -0.15) is 0 Å². The van der Waals surface area contributed by atoms with Gasteiger partial charge in [-0.1, -0.05) is 19.1 Å². The van der Waals surface area contributed by atoms with Gasteiger partial charge in [0.15, 0.2) is 6.10 Å². The highest BCUT2D eigenvalue weighted by molar-refractivity contribution is 6.22. The van der Waals surface area contributed by atoms with E-state index in [0.717, 1.165) is 16.9 Å². The largest absolute Gasteiger partial charge is 0.449 e. The molecule has 0 fully saturated rings. The van der Waals surface area contributed by atoms with Gasteiger partial charge in [0.25, 0.3) is 17.7 Å². The third kappa shape index (κ3) is 5.03. The second kappa shape index (κ2) is 10.2. The van der Waals surface area contributed by atoms with E-state index < -0.39 is 29.8 Å². The lowest BCUT2D eigenvalue weighted by Crippen LogP contribution is -2.31. The zero-order chi connectivity index (χ0) is 23.3. The summed E-state index contributed by atoms with van der Waals surface area (Å²) in [5, 5.41) is 2.70. The maximum atomic E-state index is 12.6. The Kier molecular flexibility index (Phi) is 7.37. The van der Waals surface area contributed by atoms with Crippen LogP contribution in [0.25, 0.3) is 0 Å². The molecule has 0 aliphatic carbocycles. The summed E-state index contributed by atoms with van der Waals surface area (Å²) in [6, 6.07) is 11.6. The minimum Gasteiger partial charge on any atom is -0.449 e. The van der Waals surface area contributed by atoms with Crippen molar-refractivity contribution in [2.24, 2.45) is 0 Å². The Hall–Kier alpha value is -3.52. The minimum absolute atomic E-state index is 0.0931. The van der Waals surface area contributed by atoms with Crippen LogP contribution in [0.15, 0.2) is 42.5 Å². The van der Waals surface area contributed by atoms with Gasteiger partial charge in [-0.15, -0.1) is 0 Å². The molecule has 2 aromatic rings. The van der Waals surface area contributed by atoms with Gasteiger partial charge in [-0.3, -0.25) is 19.3 Å². The second-order valence-corrected chi connectivity index (χ2v) is 7.46. The molecule has 1 heterocycles. The molecule has 3 amide bonds. The average molecular weight is 438 g/mol. The first-order valence-electron chi connectivity index (χ1n) is 10.5. The van der Waals surface area contributed by atoms with Crippen LogP contribution in [0.3, 0.4) is 0 Å².